The van der Waals surface area contributed by atoms with Crippen LogP contribution in [0.25, 0.3) is 0 Å². The summed E-state index contributed by atoms with van der Waals surface area (Å²) in [4.78, 5) is 11.7. The number of benzene rings is 2. The number of aliphatic hydroxyl groups excluding tert-OH is 1. The van der Waals surface area contributed by atoms with Gasteiger partial charge < -0.3 is 10.4 Å². The Morgan fingerprint density at radius 2 is 1.81 bits per heavy atom. The lowest BCUT2D eigenvalue weighted by Crippen LogP contribution is -2.20. The average Bonchev–Trinajstić information content (AvgIpc) is 2.52. The third-order valence-electron chi connectivity index (χ3n) is 2.95. The fraction of sp³-hybridized carbons (Fsp3) is 0.118. The van der Waals surface area contributed by atoms with Gasteiger partial charge in [0.05, 0.1) is 6.10 Å². The van der Waals surface area contributed by atoms with Crippen molar-refractivity contribution in [3.05, 3.63) is 82.9 Å². The Hall–Kier alpha value is -2.10. The van der Waals surface area contributed by atoms with Gasteiger partial charge >= 0.3 is 0 Å². The minimum atomic E-state index is -0.829. The quantitative estimate of drug-likeness (QED) is 0.833. The van der Waals surface area contributed by atoms with Crippen LogP contribution in [-0.2, 0) is 11.3 Å². The van der Waals surface area contributed by atoms with Crippen molar-refractivity contribution in [2.75, 3.05) is 0 Å². The summed E-state index contributed by atoms with van der Waals surface area (Å²) in [7, 11) is 0. The second-order valence-electron chi connectivity index (χ2n) is 4.56. The molecule has 2 rings (SSSR count). The Balaban J connectivity index is 1.85. The highest BCUT2D eigenvalue weighted by atomic mass is 35.5. The van der Waals surface area contributed by atoms with E-state index in [4.69, 9.17) is 11.6 Å². The summed E-state index contributed by atoms with van der Waals surface area (Å²) in [5.74, 6) is -0.244. The number of amides is 1. The van der Waals surface area contributed by atoms with Gasteiger partial charge in [0.1, 0.15) is 0 Å². The Labute approximate surface area is 128 Å². The lowest BCUT2D eigenvalue weighted by Gasteiger charge is -2.06. The highest BCUT2D eigenvalue weighted by Gasteiger charge is 2.04. The highest BCUT2D eigenvalue weighted by Crippen LogP contribution is 2.17. The van der Waals surface area contributed by atoms with E-state index in [1.165, 1.54) is 12.2 Å². The van der Waals surface area contributed by atoms with Gasteiger partial charge in [0.2, 0.25) is 5.91 Å². The summed E-state index contributed by atoms with van der Waals surface area (Å²) >= 11 is 5.78. The van der Waals surface area contributed by atoms with E-state index in [-0.39, 0.29) is 5.91 Å². The van der Waals surface area contributed by atoms with Gasteiger partial charge in [-0.25, -0.2) is 0 Å². The van der Waals surface area contributed by atoms with Crippen LogP contribution >= 0.6 is 11.6 Å². The van der Waals surface area contributed by atoms with E-state index in [1.807, 2.05) is 30.3 Å². The minimum Gasteiger partial charge on any atom is -0.384 e. The van der Waals surface area contributed by atoms with Gasteiger partial charge in [-0.15, -0.1) is 0 Å². The fourth-order valence-electron chi connectivity index (χ4n) is 1.79. The van der Waals surface area contributed by atoms with Crippen LogP contribution in [0.4, 0.5) is 0 Å². The molecule has 0 heterocycles. The number of carbonyl (C=O) groups is 1. The van der Waals surface area contributed by atoms with Gasteiger partial charge in [0.25, 0.3) is 0 Å². The number of aliphatic hydroxyl groups is 1. The van der Waals surface area contributed by atoms with E-state index in [0.717, 1.165) is 5.56 Å². The zero-order valence-electron chi connectivity index (χ0n) is 11.4. The van der Waals surface area contributed by atoms with Gasteiger partial charge in [-0.05, 0) is 29.3 Å². The normalized spacial score (nSPS) is 12.3. The maximum absolute atomic E-state index is 11.7. The Bertz CT molecular complexity index is 608. The molecule has 0 saturated carbocycles. The van der Waals surface area contributed by atoms with Crippen molar-refractivity contribution in [1.82, 2.24) is 5.32 Å². The molecule has 2 N–H and O–H groups in total. The predicted octanol–water partition coefficient (Wildman–Crippen LogP) is 3.25. The van der Waals surface area contributed by atoms with Gasteiger partial charge in [-0.1, -0.05) is 54.1 Å². The first kappa shape index (κ1) is 15.3. The van der Waals surface area contributed by atoms with Crippen molar-refractivity contribution >= 4 is 17.5 Å². The molecule has 0 bridgehead atoms. The summed E-state index contributed by atoms with van der Waals surface area (Å²) in [5.41, 5.74) is 1.71. The summed E-state index contributed by atoms with van der Waals surface area (Å²) in [5, 5.41) is 13.3. The topological polar surface area (TPSA) is 49.3 Å². The first-order valence-electron chi connectivity index (χ1n) is 6.58. The van der Waals surface area contributed by atoms with E-state index in [1.54, 1.807) is 24.3 Å². The van der Waals surface area contributed by atoms with Crippen LogP contribution in [0, 0.1) is 0 Å². The van der Waals surface area contributed by atoms with Gasteiger partial charge in [-0.3, -0.25) is 4.79 Å². The van der Waals surface area contributed by atoms with Crippen molar-refractivity contribution in [3.8, 4) is 0 Å². The molecule has 3 nitrogen and oxygen atoms in total. The number of halogens is 1. The average molecular weight is 302 g/mol. The molecule has 0 aromatic heterocycles. The lowest BCUT2D eigenvalue weighted by molar-refractivity contribution is -0.116. The van der Waals surface area contributed by atoms with Crippen molar-refractivity contribution in [3.63, 3.8) is 0 Å². The van der Waals surface area contributed by atoms with Crippen molar-refractivity contribution < 1.29 is 9.90 Å². The lowest BCUT2D eigenvalue weighted by atomic mass is 10.1. The van der Waals surface area contributed by atoms with Gasteiger partial charge in [-0.2, -0.15) is 0 Å². The van der Waals surface area contributed by atoms with E-state index in [2.05, 4.69) is 5.32 Å². The molecular weight excluding hydrogens is 286 g/mol. The molecular formula is C17H16ClNO2. The first-order chi connectivity index (χ1) is 10.1. The molecule has 21 heavy (non-hydrogen) atoms. The number of carbonyl (C=O) groups excluding carboxylic acids is 1. The maximum Gasteiger partial charge on any atom is 0.244 e. The van der Waals surface area contributed by atoms with Crippen LogP contribution < -0.4 is 5.32 Å². The molecule has 2 aromatic rings. The van der Waals surface area contributed by atoms with E-state index >= 15 is 0 Å². The van der Waals surface area contributed by atoms with Crippen LogP contribution in [0.5, 0.6) is 0 Å². The van der Waals surface area contributed by atoms with Crippen LogP contribution in [0.15, 0.2) is 66.7 Å². The number of hydrogen-bond donors (Lipinski definition) is 2. The Morgan fingerprint density at radius 3 is 2.48 bits per heavy atom. The largest absolute Gasteiger partial charge is 0.384 e. The van der Waals surface area contributed by atoms with Crippen molar-refractivity contribution in [1.29, 1.82) is 0 Å². The summed E-state index contributed by atoms with van der Waals surface area (Å²) < 4.78 is 0. The molecule has 0 aliphatic carbocycles. The molecule has 0 spiro atoms. The molecule has 4 heteroatoms. The zero-order valence-corrected chi connectivity index (χ0v) is 12.1. The minimum absolute atomic E-state index is 0.244. The smallest absolute Gasteiger partial charge is 0.244 e. The Morgan fingerprint density at radius 1 is 1.14 bits per heavy atom. The molecule has 0 fully saturated rings. The zero-order chi connectivity index (χ0) is 15.1. The van der Waals surface area contributed by atoms with Crippen LogP contribution in [0.2, 0.25) is 5.02 Å². The van der Waals surface area contributed by atoms with Crippen LogP contribution in [0.3, 0.4) is 0 Å². The van der Waals surface area contributed by atoms with Crippen molar-refractivity contribution in [2.24, 2.45) is 0 Å². The maximum atomic E-state index is 11.7. The van der Waals surface area contributed by atoms with E-state index in [9.17, 15) is 9.90 Å². The molecule has 2 aromatic carbocycles. The van der Waals surface area contributed by atoms with E-state index in [0.29, 0.717) is 17.1 Å². The molecule has 1 unspecified atom stereocenters. The highest BCUT2D eigenvalue weighted by molar-refractivity contribution is 6.30. The fourth-order valence-corrected chi connectivity index (χ4v) is 1.92. The third kappa shape index (κ3) is 5.06. The number of nitrogens with one attached hydrogen (secondary N) is 1. The monoisotopic (exact) mass is 301 g/mol. The number of hydrogen-bond acceptors (Lipinski definition) is 2. The summed E-state index contributed by atoms with van der Waals surface area (Å²) in [6, 6.07) is 16.5. The third-order valence-corrected chi connectivity index (χ3v) is 3.20. The second-order valence-corrected chi connectivity index (χ2v) is 5.00. The van der Waals surface area contributed by atoms with Crippen molar-refractivity contribution in [2.45, 2.75) is 12.6 Å². The molecule has 108 valence electrons. The van der Waals surface area contributed by atoms with Gasteiger partial charge in [0.15, 0.2) is 0 Å². The molecule has 1 atom stereocenters. The summed E-state index contributed by atoms with van der Waals surface area (Å²) in [6.45, 7) is 0.459. The molecule has 0 aliphatic rings. The second kappa shape index (κ2) is 7.62. The SMILES string of the molecule is O=C(/C=C\C(O)c1ccc(Cl)cc1)NCc1ccccc1. The number of rotatable bonds is 5. The first-order valence-corrected chi connectivity index (χ1v) is 6.96. The van der Waals surface area contributed by atoms with Gasteiger partial charge in [0, 0.05) is 17.6 Å². The van der Waals surface area contributed by atoms with Crippen LogP contribution in [0.1, 0.15) is 17.2 Å². The molecule has 0 aliphatic heterocycles. The Kier molecular flexibility index (Phi) is 5.55. The molecule has 0 saturated heterocycles. The summed E-state index contributed by atoms with van der Waals surface area (Å²) in [6.07, 6.45) is 1.95. The molecule has 1 amide bonds. The predicted molar refractivity (Wildman–Crippen MR) is 83.8 cm³/mol. The standard InChI is InChI=1S/C17H16ClNO2/c18-15-8-6-14(7-9-15)16(20)10-11-17(21)19-12-13-4-2-1-3-5-13/h1-11,16,20H,12H2,(H,19,21)/b11-10-. The van der Waals surface area contributed by atoms with Crippen LogP contribution in [-0.4, -0.2) is 11.0 Å². The molecule has 0 radical (unpaired) electrons. The van der Waals surface area contributed by atoms with E-state index < -0.39 is 6.10 Å².